The van der Waals surface area contributed by atoms with Crippen LogP contribution in [0.15, 0.2) is 12.2 Å². The summed E-state index contributed by atoms with van der Waals surface area (Å²) in [4.78, 5) is 10.5. The highest BCUT2D eigenvalue weighted by atomic mass is 16.5. The molecule has 1 aliphatic rings. The third-order valence-corrected chi connectivity index (χ3v) is 1.06. The van der Waals surface area contributed by atoms with E-state index in [9.17, 15) is 4.79 Å². The number of carbonyl (C=O) groups excluding carboxylic acids is 1. The smallest absolute Gasteiger partial charge is 0.333 e. The van der Waals surface area contributed by atoms with Crippen LogP contribution in [-0.4, -0.2) is 18.6 Å². The number of hydrogen-bond donors (Lipinski definition) is 1. The van der Waals surface area contributed by atoms with Crippen LogP contribution in [0, 0.1) is 0 Å². The molecule has 0 aromatic heterocycles. The van der Waals surface area contributed by atoms with Gasteiger partial charge in [-0.05, 0) is 0 Å². The van der Waals surface area contributed by atoms with E-state index < -0.39 is 11.5 Å². The van der Waals surface area contributed by atoms with E-state index in [0.29, 0.717) is 0 Å². The summed E-state index contributed by atoms with van der Waals surface area (Å²) in [6.07, 6.45) is 3.19. The SMILES string of the molecule is COC(=O)C1(N)C=C1. The van der Waals surface area contributed by atoms with E-state index in [-0.39, 0.29) is 0 Å². The third kappa shape index (κ3) is 0.607. The minimum atomic E-state index is -0.852. The molecule has 8 heavy (non-hydrogen) atoms. The molecular formula is C5H7NO2. The molecule has 0 saturated heterocycles. The molecule has 0 radical (unpaired) electrons. The van der Waals surface area contributed by atoms with E-state index in [4.69, 9.17) is 5.73 Å². The molecule has 0 bridgehead atoms. The van der Waals surface area contributed by atoms with Crippen LogP contribution in [0.25, 0.3) is 0 Å². The Hall–Kier alpha value is -0.830. The van der Waals surface area contributed by atoms with Crippen molar-refractivity contribution in [2.24, 2.45) is 5.73 Å². The summed E-state index contributed by atoms with van der Waals surface area (Å²) < 4.78 is 4.35. The Morgan fingerprint density at radius 1 is 1.75 bits per heavy atom. The van der Waals surface area contributed by atoms with Crippen molar-refractivity contribution in [3.63, 3.8) is 0 Å². The highest BCUT2D eigenvalue weighted by Gasteiger charge is 2.38. The Bertz CT molecular complexity index is 145. The lowest BCUT2D eigenvalue weighted by Gasteiger charge is -2.03. The molecule has 1 rings (SSSR count). The van der Waals surface area contributed by atoms with Gasteiger partial charge in [0.2, 0.25) is 0 Å². The predicted molar refractivity (Wildman–Crippen MR) is 28.1 cm³/mol. The van der Waals surface area contributed by atoms with Crippen molar-refractivity contribution >= 4 is 5.97 Å². The largest absolute Gasteiger partial charge is 0.467 e. The molecule has 0 unspecified atom stereocenters. The van der Waals surface area contributed by atoms with Crippen LogP contribution in [0.3, 0.4) is 0 Å². The van der Waals surface area contributed by atoms with Gasteiger partial charge in [0.25, 0.3) is 0 Å². The molecule has 0 atom stereocenters. The summed E-state index contributed by atoms with van der Waals surface area (Å²) in [5.41, 5.74) is 4.46. The van der Waals surface area contributed by atoms with Gasteiger partial charge in [0.05, 0.1) is 7.11 Å². The van der Waals surface area contributed by atoms with Gasteiger partial charge in [-0.2, -0.15) is 0 Å². The summed E-state index contributed by atoms with van der Waals surface area (Å²) in [6, 6.07) is 0. The van der Waals surface area contributed by atoms with Crippen LogP contribution in [-0.2, 0) is 9.53 Å². The number of methoxy groups -OCH3 is 1. The minimum absolute atomic E-state index is 0.391. The van der Waals surface area contributed by atoms with Gasteiger partial charge < -0.3 is 10.5 Å². The van der Waals surface area contributed by atoms with E-state index >= 15 is 0 Å². The fourth-order valence-corrected chi connectivity index (χ4v) is 0.403. The second-order valence-corrected chi connectivity index (χ2v) is 1.76. The van der Waals surface area contributed by atoms with Gasteiger partial charge in [-0.3, -0.25) is 0 Å². The average molecular weight is 113 g/mol. The zero-order chi connectivity index (χ0) is 6.20. The highest BCUT2D eigenvalue weighted by molar-refractivity contribution is 5.90. The van der Waals surface area contributed by atoms with E-state index in [1.165, 1.54) is 7.11 Å². The van der Waals surface area contributed by atoms with Gasteiger partial charge in [0.15, 0.2) is 5.54 Å². The van der Waals surface area contributed by atoms with Gasteiger partial charge in [0, 0.05) is 0 Å². The summed E-state index contributed by atoms with van der Waals surface area (Å²) in [5.74, 6) is -0.391. The molecule has 0 aliphatic heterocycles. The first kappa shape index (κ1) is 5.31. The van der Waals surface area contributed by atoms with E-state index in [2.05, 4.69) is 4.74 Å². The second kappa shape index (κ2) is 1.32. The molecular weight excluding hydrogens is 106 g/mol. The highest BCUT2D eigenvalue weighted by Crippen LogP contribution is 2.20. The lowest BCUT2D eigenvalue weighted by atomic mass is 10.3. The molecule has 0 heterocycles. The zero-order valence-electron chi connectivity index (χ0n) is 4.55. The topological polar surface area (TPSA) is 52.3 Å². The molecule has 44 valence electrons. The normalized spacial score (nSPS) is 20.2. The Morgan fingerprint density at radius 3 is 2.38 bits per heavy atom. The molecule has 0 saturated carbocycles. The number of esters is 1. The third-order valence-electron chi connectivity index (χ3n) is 1.06. The molecule has 3 nitrogen and oxygen atoms in total. The van der Waals surface area contributed by atoms with Crippen LogP contribution in [0.1, 0.15) is 0 Å². The average Bonchev–Trinajstić information content (AvgIpc) is 2.47. The van der Waals surface area contributed by atoms with Crippen molar-refractivity contribution < 1.29 is 9.53 Å². The van der Waals surface area contributed by atoms with Crippen molar-refractivity contribution in [3.05, 3.63) is 12.2 Å². The fourth-order valence-electron chi connectivity index (χ4n) is 0.403. The number of hydrogen-bond acceptors (Lipinski definition) is 3. The lowest BCUT2D eigenvalue weighted by molar-refractivity contribution is -0.142. The number of carbonyl (C=O) groups is 1. The maximum Gasteiger partial charge on any atom is 0.333 e. The first-order valence-corrected chi connectivity index (χ1v) is 2.27. The summed E-state index contributed by atoms with van der Waals surface area (Å²) >= 11 is 0. The van der Waals surface area contributed by atoms with Crippen molar-refractivity contribution in [3.8, 4) is 0 Å². The standard InChI is InChI=1S/C5H7NO2/c1-8-4(7)5(6)2-3-5/h2-3H,6H2,1H3. The second-order valence-electron chi connectivity index (χ2n) is 1.76. The summed E-state index contributed by atoms with van der Waals surface area (Å²) in [5, 5.41) is 0. The van der Waals surface area contributed by atoms with Crippen LogP contribution in [0.5, 0.6) is 0 Å². The van der Waals surface area contributed by atoms with Crippen LogP contribution >= 0.6 is 0 Å². The molecule has 2 N–H and O–H groups in total. The summed E-state index contributed by atoms with van der Waals surface area (Å²) in [7, 11) is 1.32. The van der Waals surface area contributed by atoms with E-state index in [1.54, 1.807) is 12.2 Å². The first-order valence-electron chi connectivity index (χ1n) is 2.27. The monoisotopic (exact) mass is 113 g/mol. The summed E-state index contributed by atoms with van der Waals surface area (Å²) in [6.45, 7) is 0. The fraction of sp³-hybridized carbons (Fsp3) is 0.400. The quantitative estimate of drug-likeness (QED) is 0.366. The Labute approximate surface area is 47.1 Å². The Morgan fingerprint density at radius 2 is 2.25 bits per heavy atom. The maximum absolute atomic E-state index is 10.5. The Kier molecular flexibility index (Phi) is 0.877. The van der Waals surface area contributed by atoms with Gasteiger partial charge in [-0.15, -0.1) is 0 Å². The predicted octanol–water partition coefficient (Wildman–Crippen LogP) is -0.573. The zero-order valence-corrected chi connectivity index (χ0v) is 4.55. The molecule has 0 fully saturated rings. The van der Waals surface area contributed by atoms with Crippen LogP contribution in [0.4, 0.5) is 0 Å². The van der Waals surface area contributed by atoms with Gasteiger partial charge in [-0.25, -0.2) is 4.79 Å². The van der Waals surface area contributed by atoms with Crippen LogP contribution in [0.2, 0.25) is 0 Å². The van der Waals surface area contributed by atoms with Crippen molar-refractivity contribution in [1.29, 1.82) is 0 Å². The Balaban J connectivity index is 2.48. The lowest BCUT2D eigenvalue weighted by Crippen LogP contribution is -2.35. The van der Waals surface area contributed by atoms with Crippen molar-refractivity contribution in [2.45, 2.75) is 5.54 Å². The molecule has 0 aromatic rings. The number of ether oxygens (including phenoxy) is 1. The number of rotatable bonds is 1. The van der Waals surface area contributed by atoms with E-state index in [1.807, 2.05) is 0 Å². The van der Waals surface area contributed by atoms with Gasteiger partial charge >= 0.3 is 5.97 Å². The first-order chi connectivity index (χ1) is 3.69. The molecule has 1 aliphatic carbocycles. The van der Waals surface area contributed by atoms with Crippen LogP contribution < -0.4 is 5.73 Å². The van der Waals surface area contributed by atoms with Crippen molar-refractivity contribution in [2.75, 3.05) is 7.11 Å². The van der Waals surface area contributed by atoms with Gasteiger partial charge in [0.1, 0.15) is 0 Å². The molecule has 0 aromatic carbocycles. The van der Waals surface area contributed by atoms with Gasteiger partial charge in [-0.1, -0.05) is 12.2 Å². The minimum Gasteiger partial charge on any atom is -0.467 e. The molecule has 3 heteroatoms. The maximum atomic E-state index is 10.5. The van der Waals surface area contributed by atoms with E-state index in [0.717, 1.165) is 0 Å². The van der Waals surface area contributed by atoms with Crippen molar-refractivity contribution in [1.82, 2.24) is 0 Å². The number of nitrogens with two attached hydrogens (primary N) is 1. The molecule has 0 spiro atoms. The molecule has 0 amide bonds.